The number of methoxy groups -OCH3 is 1. The van der Waals surface area contributed by atoms with Crippen LogP contribution in [0.1, 0.15) is 32.1 Å². The summed E-state index contributed by atoms with van der Waals surface area (Å²) in [6, 6.07) is 5.59. The molecule has 5 N–H and O–H groups in total. The summed E-state index contributed by atoms with van der Waals surface area (Å²) in [7, 11) is 3.06. The van der Waals surface area contributed by atoms with Gasteiger partial charge in [0, 0.05) is 31.8 Å². The van der Waals surface area contributed by atoms with Crippen LogP contribution in [0.4, 0.5) is 5.82 Å². The minimum Gasteiger partial charge on any atom is -0.467 e. The van der Waals surface area contributed by atoms with E-state index in [9.17, 15) is 14.4 Å². The molecule has 2 aromatic rings. The molecule has 2 fully saturated rings. The van der Waals surface area contributed by atoms with Crippen LogP contribution in [0.15, 0.2) is 29.3 Å². The van der Waals surface area contributed by atoms with Crippen molar-refractivity contribution in [3.8, 4) is 11.3 Å². The van der Waals surface area contributed by atoms with Gasteiger partial charge >= 0.3 is 5.97 Å². The number of benzene rings is 1. The third kappa shape index (κ3) is 7.05. The number of hydrogen-bond acceptors (Lipinski definition) is 7. The summed E-state index contributed by atoms with van der Waals surface area (Å²) in [5, 5.41) is 8.08. The summed E-state index contributed by atoms with van der Waals surface area (Å²) in [5.41, 5.74) is 12.4. The zero-order valence-electron chi connectivity index (χ0n) is 23.2. The second-order valence-electron chi connectivity index (χ2n) is 10.3. The minimum absolute atomic E-state index is 0.0266. The molecule has 0 bridgehead atoms. The summed E-state index contributed by atoms with van der Waals surface area (Å²) in [6.07, 6.45) is 4.84. The maximum absolute atomic E-state index is 13.2. The van der Waals surface area contributed by atoms with E-state index in [4.69, 9.17) is 39.4 Å². The van der Waals surface area contributed by atoms with Crippen LogP contribution >= 0.6 is 23.2 Å². The van der Waals surface area contributed by atoms with Crippen LogP contribution in [0.3, 0.4) is 0 Å². The average Bonchev–Trinajstić information content (AvgIpc) is 3.36. The highest BCUT2D eigenvalue weighted by molar-refractivity contribution is 6.43. The molecule has 1 saturated carbocycles. The van der Waals surface area contributed by atoms with E-state index in [0.29, 0.717) is 40.2 Å². The molecule has 2 aliphatic rings. The molecule has 222 valence electrons. The lowest BCUT2D eigenvalue weighted by Crippen LogP contribution is -2.60. The smallest absolute Gasteiger partial charge is 0.330 e. The maximum Gasteiger partial charge on any atom is 0.330 e. The molecule has 1 unspecified atom stereocenters. The largest absolute Gasteiger partial charge is 0.467 e. The first kappa shape index (κ1) is 30.4. The summed E-state index contributed by atoms with van der Waals surface area (Å²) < 4.78 is 6.72. The van der Waals surface area contributed by atoms with Gasteiger partial charge in [-0.2, -0.15) is 5.10 Å². The number of halogens is 2. The van der Waals surface area contributed by atoms with Crippen LogP contribution in [-0.4, -0.2) is 83.8 Å². The molecule has 1 aromatic heterocycles. The summed E-state index contributed by atoms with van der Waals surface area (Å²) >= 11 is 12.6. The van der Waals surface area contributed by atoms with Gasteiger partial charge in [-0.15, -0.1) is 0 Å². The number of guanidine groups is 1. The summed E-state index contributed by atoms with van der Waals surface area (Å²) in [6.45, 7) is 0.486. The van der Waals surface area contributed by atoms with Gasteiger partial charge in [0.1, 0.15) is 17.9 Å². The highest BCUT2D eigenvalue weighted by Crippen LogP contribution is 2.35. The first-order valence-electron chi connectivity index (χ1n) is 13.6. The average molecular weight is 608 g/mol. The second kappa shape index (κ2) is 13.4. The van der Waals surface area contributed by atoms with E-state index < -0.39 is 18.1 Å². The van der Waals surface area contributed by atoms with Gasteiger partial charge in [0.25, 0.3) is 0 Å². The lowest BCUT2D eigenvalue weighted by atomic mass is 9.83. The molecule has 2 atom stereocenters. The molecule has 0 radical (unpaired) electrons. The number of anilines is 1. The van der Waals surface area contributed by atoms with Gasteiger partial charge in [-0.25, -0.2) is 9.79 Å². The number of nitrogens with one attached hydrogen (secondary N) is 1. The van der Waals surface area contributed by atoms with E-state index in [1.807, 2.05) is 17.0 Å². The van der Waals surface area contributed by atoms with Crippen molar-refractivity contribution in [3.05, 3.63) is 34.3 Å². The fourth-order valence-electron chi connectivity index (χ4n) is 5.55. The van der Waals surface area contributed by atoms with Crippen molar-refractivity contribution < 1.29 is 19.1 Å². The summed E-state index contributed by atoms with van der Waals surface area (Å²) in [5.74, 6) is -0.687. The van der Waals surface area contributed by atoms with Crippen LogP contribution in [0.5, 0.6) is 0 Å². The van der Waals surface area contributed by atoms with Crippen molar-refractivity contribution >= 4 is 52.8 Å². The van der Waals surface area contributed by atoms with Crippen LogP contribution in [0.2, 0.25) is 10.0 Å². The Balaban J connectivity index is 1.45. The van der Waals surface area contributed by atoms with Crippen molar-refractivity contribution in [2.24, 2.45) is 29.4 Å². The van der Waals surface area contributed by atoms with Crippen molar-refractivity contribution in [3.63, 3.8) is 0 Å². The number of carbonyl (C=O) groups is 3. The van der Waals surface area contributed by atoms with Crippen molar-refractivity contribution in [2.75, 3.05) is 38.2 Å². The Labute approximate surface area is 249 Å². The fraction of sp³-hybridized carbons (Fsp3) is 0.519. The van der Waals surface area contributed by atoms with Gasteiger partial charge in [0.15, 0.2) is 5.96 Å². The predicted octanol–water partition coefficient (Wildman–Crippen LogP) is 1.92. The van der Waals surface area contributed by atoms with Gasteiger partial charge in [0.2, 0.25) is 11.8 Å². The van der Waals surface area contributed by atoms with Gasteiger partial charge in [-0.05, 0) is 24.8 Å². The maximum atomic E-state index is 13.2. The van der Waals surface area contributed by atoms with Crippen LogP contribution in [0.25, 0.3) is 11.3 Å². The van der Waals surface area contributed by atoms with Crippen molar-refractivity contribution in [2.45, 2.75) is 44.2 Å². The third-order valence-electron chi connectivity index (χ3n) is 7.65. The van der Waals surface area contributed by atoms with Gasteiger partial charge < -0.3 is 31.3 Å². The highest BCUT2D eigenvalue weighted by Gasteiger charge is 2.37. The molecule has 1 aromatic carbocycles. The first-order chi connectivity index (χ1) is 19.6. The standard InChI is InChI=1S/C27H36Cl2N8O4/c1-35-21(13-19(34-35)17-9-6-10-18(28)23(17)29)37-12-11-36(15-20(37)26(40)41-2)22(38)14-32-25(39)24(33-27(30)31)16-7-4-3-5-8-16/h6,9-10,13,16,20,24H,3-5,7-8,11-12,14-15H2,1-2H3,(H,32,39)(H4,30,31,33)/t20?,24-/m1/s1. The summed E-state index contributed by atoms with van der Waals surface area (Å²) in [4.78, 5) is 46.6. The van der Waals surface area contributed by atoms with E-state index in [2.05, 4.69) is 15.4 Å². The number of aliphatic imine (C=N–C) groups is 1. The first-order valence-corrected chi connectivity index (χ1v) is 14.3. The number of nitrogens with two attached hydrogens (primary N) is 2. The molecular formula is C27H36Cl2N8O4. The SMILES string of the molecule is COC(=O)C1CN(C(=O)CNC(=O)[C@H](N=C(N)N)C2CCCCC2)CCN1c1cc(-c2cccc(Cl)c2Cl)nn1C. The van der Waals surface area contributed by atoms with Crippen molar-refractivity contribution in [1.82, 2.24) is 20.0 Å². The molecule has 2 heterocycles. The number of hydrogen-bond donors (Lipinski definition) is 3. The normalized spacial score (nSPS) is 18.5. The number of amides is 2. The van der Waals surface area contributed by atoms with E-state index in [0.717, 1.165) is 32.1 Å². The van der Waals surface area contributed by atoms with Crippen LogP contribution < -0.4 is 21.7 Å². The van der Waals surface area contributed by atoms with Gasteiger partial charge in [0.05, 0.1) is 35.9 Å². The van der Waals surface area contributed by atoms with Crippen LogP contribution in [0, 0.1) is 5.92 Å². The second-order valence-corrected chi connectivity index (χ2v) is 11.1. The van der Waals surface area contributed by atoms with Gasteiger partial charge in [-0.1, -0.05) is 54.6 Å². The lowest BCUT2D eigenvalue weighted by molar-refractivity contribution is -0.144. The monoisotopic (exact) mass is 606 g/mol. The Bertz CT molecular complexity index is 1310. The number of aryl methyl sites for hydroxylation is 1. The number of esters is 1. The number of carbonyl (C=O) groups excluding carboxylic acids is 3. The topological polar surface area (TPSA) is 161 Å². The number of ether oxygens (including phenoxy) is 1. The molecule has 14 heteroatoms. The Morgan fingerprint density at radius 3 is 2.59 bits per heavy atom. The Kier molecular flexibility index (Phi) is 9.98. The Morgan fingerprint density at radius 2 is 1.90 bits per heavy atom. The van der Waals surface area contributed by atoms with E-state index in [-0.39, 0.29) is 36.8 Å². The number of nitrogens with zero attached hydrogens (tertiary/aromatic N) is 5. The Morgan fingerprint density at radius 1 is 1.17 bits per heavy atom. The van der Waals surface area contributed by atoms with E-state index in [1.165, 1.54) is 7.11 Å². The molecule has 4 rings (SSSR count). The van der Waals surface area contributed by atoms with Crippen molar-refractivity contribution in [1.29, 1.82) is 0 Å². The van der Waals surface area contributed by atoms with Gasteiger partial charge in [-0.3, -0.25) is 14.3 Å². The molecule has 1 aliphatic heterocycles. The Hall–Kier alpha value is -3.51. The van der Waals surface area contributed by atoms with E-state index >= 15 is 0 Å². The molecule has 1 saturated heterocycles. The number of piperazine rings is 1. The number of aromatic nitrogens is 2. The zero-order valence-corrected chi connectivity index (χ0v) is 24.7. The molecule has 12 nitrogen and oxygen atoms in total. The molecule has 41 heavy (non-hydrogen) atoms. The zero-order chi connectivity index (χ0) is 29.7. The molecule has 2 amide bonds. The molecule has 0 spiro atoms. The molecular weight excluding hydrogens is 571 g/mol. The predicted molar refractivity (Wildman–Crippen MR) is 158 cm³/mol. The van der Waals surface area contributed by atoms with Crippen LogP contribution in [-0.2, 0) is 26.2 Å². The fourth-order valence-corrected chi connectivity index (χ4v) is 5.95. The number of rotatable bonds is 8. The third-order valence-corrected chi connectivity index (χ3v) is 8.47. The quantitative estimate of drug-likeness (QED) is 0.233. The lowest BCUT2D eigenvalue weighted by Gasteiger charge is -2.40. The highest BCUT2D eigenvalue weighted by atomic mass is 35.5. The molecule has 1 aliphatic carbocycles. The minimum atomic E-state index is -0.789. The van der Waals surface area contributed by atoms with E-state index in [1.54, 1.807) is 28.8 Å².